The van der Waals surface area contributed by atoms with Gasteiger partial charge < -0.3 is 16.0 Å². The molecular formula is C16H22BrIN4O. The zero-order chi connectivity index (χ0) is 15.9. The van der Waals surface area contributed by atoms with Gasteiger partial charge in [0.1, 0.15) is 0 Å². The Morgan fingerprint density at radius 2 is 2.04 bits per heavy atom. The van der Waals surface area contributed by atoms with Crippen LogP contribution in [0.1, 0.15) is 18.4 Å². The topological polar surface area (TPSA) is 65.5 Å². The molecule has 0 fully saturated rings. The molecule has 0 radical (unpaired) electrons. The van der Waals surface area contributed by atoms with Crippen molar-refractivity contribution in [2.75, 3.05) is 18.9 Å². The molecule has 0 heterocycles. The van der Waals surface area contributed by atoms with Gasteiger partial charge in [0.2, 0.25) is 5.91 Å². The summed E-state index contributed by atoms with van der Waals surface area (Å²) < 4.78 is 0.938. The van der Waals surface area contributed by atoms with E-state index in [1.54, 1.807) is 7.05 Å². The first-order valence-corrected chi connectivity index (χ1v) is 8.06. The van der Waals surface area contributed by atoms with Gasteiger partial charge in [0.15, 0.2) is 5.96 Å². The summed E-state index contributed by atoms with van der Waals surface area (Å²) in [5.74, 6) is 0.545. The second-order valence-electron chi connectivity index (χ2n) is 5.22. The van der Waals surface area contributed by atoms with Gasteiger partial charge in [0, 0.05) is 23.2 Å². The molecule has 2 rings (SSSR count). The molecule has 0 spiro atoms. The van der Waals surface area contributed by atoms with Crippen molar-refractivity contribution in [1.82, 2.24) is 10.6 Å². The lowest BCUT2D eigenvalue weighted by Gasteiger charge is -2.17. The predicted octanol–water partition coefficient (Wildman–Crippen LogP) is 3.20. The zero-order valence-corrected chi connectivity index (χ0v) is 17.1. The van der Waals surface area contributed by atoms with E-state index in [2.05, 4.69) is 49.0 Å². The molecule has 3 N–H and O–H groups in total. The quantitative estimate of drug-likeness (QED) is 0.262. The first kappa shape index (κ1) is 20.0. The van der Waals surface area contributed by atoms with Gasteiger partial charge in [0.25, 0.3) is 0 Å². The number of amides is 1. The number of aryl methyl sites for hydroxylation is 1. The highest BCUT2D eigenvalue weighted by Crippen LogP contribution is 2.20. The molecule has 1 aliphatic carbocycles. The van der Waals surface area contributed by atoms with Gasteiger partial charge in [-0.05, 0) is 37.5 Å². The minimum Gasteiger partial charge on any atom is -0.353 e. The number of nitrogens with zero attached hydrogens (tertiary/aromatic N) is 1. The SMILES string of the molecule is CN=C(NCC(=O)Nc1cc(Br)ccc1C)NC1CC=CC1.I. The lowest BCUT2D eigenvalue weighted by molar-refractivity contribution is -0.115. The zero-order valence-electron chi connectivity index (χ0n) is 13.2. The van der Waals surface area contributed by atoms with Crippen LogP contribution < -0.4 is 16.0 Å². The largest absolute Gasteiger partial charge is 0.353 e. The standard InChI is InChI=1S/C16H21BrN4O.HI/c1-11-7-8-12(17)9-14(11)21-15(22)10-19-16(18-2)20-13-5-3-4-6-13;/h3-4,7-9,13H,5-6,10H2,1-2H3,(H,21,22)(H2,18,19,20);1H. The third-order valence-electron chi connectivity index (χ3n) is 3.46. The van der Waals surface area contributed by atoms with E-state index in [1.165, 1.54) is 0 Å². The minimum atomic E-state index is -0.103. The molecule has 5 nitrogen and oxygen atoms in total. The van der Waals surface area contributed by atoms with E-state index in [0.717, 1.165) is 28.6 Å². The number of nitrogens with one attached hydrogen (secondary N) is 3. The number of guanidine groups is 1. The van der Waals surface area contributed by atoms with Crippen molar-refractivity contribution in [2.24, 2.45) is 4.99 Å². The summed E-state index contributed by atoms with van der Waals surface area (Å²) in [6, 6.07) is 6.16. The number of benzene rings is 1. The van der Waals surface area contributed by atoms with Gasteiger partial charge >= 0.3 is 0 Å². The maximum absolute atomic E-state index is 12.0. The Hall–Kier alpha value is -1.09. The van der Waals surface area contributed by atoms with Crippen LogP contribution in [0.25, 0.3) is 0 Å². The monoisotopic (exact) mass is 492 g/mol. The van der Waals surface area contributed by atoms with Crippen molar-refractivity contribution in [1.29, 1.82) is 0 Å². The summed E-state index contributed by atoms with van der Waals surface area (Å²) in [6.45, 7) is 2.13. The second kappa shape index (κ2) is 9.92. The van der Waals surface area contributed by atoms with E-state index in [9.17, 15) is 4.79 Å². The van der Waals surface area contributed by atoms with Gasteiger partial charge in [-0.15, -0.1) is 24.0 Å². The predicted molar refractivity (Wildman–Crippen MR) is 110 cm³/mol. The number of hydrogen-bond acceptors (Lipinski definition) is 2. The summed E-state index contributed by atoms with van der Waals surface area (Å²) in [7, 11) is 1.70. The molecule has 23 heavy (non-hydrogen) atoms. The normalized spacial score (nSPS) is 14.3. The van der Waals surface area contributed by atoms with Crippen molar-refractivity contribution >= 4 is 57.5 Å². The molecule has 7 heteroatoms. The maximum Gasteiger partial charge on any atom is 0.243 e. The van der Waals surface area contributed by atoms with Gasteiger partial charge in [-0.25, -0.2) is 0 Å². The third-order valence-corrected chi connectivity index (χ3v) is 3.96. The third kappa shape index (κ3) is 6.50. The lowest BCUT2D eigenvalue weighted by atomic mass is 10.2. The van der Waals surface area contributed by atoms with Gasteiger partial charge in [0.05, 0.1) is 6.54 Å². The van der Waals surface area contributed by atoms with Crippen molar-refractivity contribution in [3.8, 4) is 0 Å². The highest BCUT2D eigenvalue weighted by Gasteiger charge is 2.12. The Bertz CT molecular complexity index is 596. The number of carbonyl (C=O) groups excluding carboxylic acids is 1. The fourth-order valence-electron chi connectivity index (χ4n) is 2.21. The number of aliphatic imine (C=N–C) groups is 1. The van der Waals surface area contributed by atoms with Crippen molar-refractivity contribution in [3.63, 3.8) is 0 Å². The van der Waals surface area contributed by atoms with E-state index in [0.29, 0.717) is 12.0 Å². The molecule has 0 saturated heterocycles. The first-order chi connectivity index (χ1) is 10.6. The van der Waals surface area contributed by atoms with Crippen molar-refractivity contribution in [3.05, 3.63) is 40.4 Å². The second-order valence-corrected chi connectivity index (χ2v) is 6.13. The van der Waals surface area contributed by atoms with Gasteiger partial charge in [-0.2, -0.15) is 0 Å². The number of hydrogen-bond donors (Lipinski definition) is 3. The minimum absolute atomic E-state index is 0. The van der Waals surface area contributed by atoms with E-state index >= 15 is 0 Å². The van der Waals surface area contributed by atoms with Crippen molar-refractivity contribution in [2.45, 2.75) is 25.8 Å². The average Bonchev–Trinajstić information content (AvgIpc) is 3.00. The van der Waals surface area contributed by atoms with Gasteiger partial charge in [-0.3, -0.25) is 9.79 Å². The number of halogens is 2. The fraction of sp³-hybridized carbons (Fsp3) is 0.375. The Morgan fingerprint density at radius 1 is 1.35 bits per heavy atom. The fourth-order valence-corrected chi connectivity index (χ4v) is 2.57. The first-order valence-electron chi connectivity index (χ1n) is 7.26. The molecule has 0 aliphatic heterocycles. The Labute approximate surface area is 162 Å². The van der Waals surface area contributed by atoms with Crippen molar-refractivity contribution < 1.29 is 4.79 Å². The molecule has 1 aromatic carbocycles. The molecule has 0 saturated carbocycles. The van der Waals surface area contributed by atoms with E-state index < -0.39 is 0 Å². The Balaban J connectivity index is 0.00000264. The van der Waals surface area contributed by atoms with E-state index in [4.69, 9.17) is 0 Å². The molecule has 1 aliphatic rings. The summed E-state index contributed by atoms with van der Waals surface area (Å²) in [5.41, 5.74) is 1.83. The number of rotatable bonds is 4. The van der Waals surface area contributed by atoms with Crippen LogP contribution in [0.5, 0.6) is 0 Å². The molecule has 1 amide bonds. The Kier molecular flexibility index (Phi) is 8.60. The van der Waals surface area contributed by atoms with Crippen LogP contribution in [0.15, 0.2) is 39.8 Å². The molecule has 0 unspecified atom stereocenters. The summed E-state index contributed by atoms with van der Waals surface area (Å²) in [6.07, 6.45) is 6.27. The van der Waals surface area contributed by atoms with Crippen LogP contribution in [-0.4, -0.2) is 31.5 Å². The smallest absolute Gasteiger partial charge is 0.243 e. The number of carbonyl (C=O) groups is 1. The summed E-state index contributed by atoms with van der Waals surface area (Å²) in [5, 5.41) is 9.23. The lowest BCUT2D eigenvalue weighted by Crippen LogP contribution is -2.45. The molecule has 0 aromatic heterocycles. The summed E-state index contributed by atoms with van der Waals surface area (Å²) in [4.78, 5) is 16.2. The van der Waals surface area contributed by atoms with Crippen LogP contribution in [-0.2, 0) is 4.79 Å². The number of anilines is 1. The van der Waals surface area contributed by atoms with E-state index in [1.807, 2.05) is 25.1 Å². The van der Waals surface area contributed by atoms with Crippen LogP contribution >= 0.6 is 39.9 Å². The molecule has 126 valence electrons. The highest BCUT2D eigenvalue weighted by molar-refractivity contribution is 14.0. The highest BCUT2D eigenvalue weighted by atomic mass is 127. The van der Waals surface area contributed by atoms with Crippen LogP contribution in [0, 0.1) is 6.92 Å². The van der Waals surface area contributed by atoms with Crippen LogP contribution in [0.4, 0.5) is 5.69 Å². The van der Waals surface area contributed by atoms with Crippen LogP contribution in [0.3, 0.4) is 0 Å². The molecular weight excluding hydrogens is 471 g/mol. The molecule has 0 bridgehead atoms. The van der Waals surface area contributed by atoms with Gasteiger partial charge in [-0.1, -0.05) is 34.1 Å². The van der Waals surface area contributed by atoms with Crippen LogP contribution in [0.2, 0.25) is 0 Å². The maximum atomic E-state index is 12.0. The summed E-state index contributed by atoms with van der Waals surface area (Å²) >= 11 is 3.41. The molecule has 0 atom stereocenters. The average molecular weight is 493 g/mol. The molecule has 1 aromatic rings. The Morgan fingerprint density at radius 3 is 2.70 bits per heavy atom. The van der Waals surface area contributed by atoms with E-state index in [-0.39, 0.29) is 36.4 Å².